The lowest BCUT2D eigenvalue weighted by Crippen LogP contribution is -2.02. The van der Waals surface area contributed by atoms with Gasteiger partial charge in [-0.15, -0.1) is 0 Å². The van der Waals surface area contributed by atoms with Crippen molar-refractivity contribution in [2.75, 3.05) is 0 Å². The van der Waals surface area contributed by atoms with Gasteiger partial charge in [0.15, 0.2) is 52.4 Å². The van der Waals surface area contributed by atoms with E-state index in [1.807, 2.05) is 122 Å². The molecule has 0 saturated heterocycles. The number of para-hydroxylation sites is 3. The first kappa shape index (κ1) is 82.3. The summed E-state index contributed by atoms with van der Waals surface area (Å²) in [4.78, 5) is 59.7. The van der Waals surface area contributed by atoms with Gasteiger partial charge >= 0.3 is 0 Å². The average Bonchev–Trinajstić information content (AvgIpc) is 1.58. The Bertz CT molecular complexity index is 9620. The van der Waals surface area contributed by atoms with Gasteiger partial charge in [-0.3, -0.25) is 15.0 Å². The Morgan fingerprint density at radius 1 is 0.135 bits per heavy atom. The lowest BCUT2D eigenvalue weighted by Gasteiger charge is -2.12. The van der Waals surface area contributed by atoms with E-state index < -0.39 is 0 Å². The molecular weight excluding hydrogens is 1720 g/mol. The van der Waals surface area contributed by atoms with Crippen LogP contribution in [0.25, 0.3) is 261 Å². The van der Waals surface area contributed by atoms with Crippen molar-refractivity contribution in [2.24, 2.45) is 0 Å². The van der Waals surface area contributed by atoms with E-state index in [-0.39, 0.29) is 0 Å². The number of benzene rings is 19. The molecule has 9 heterocycles. The second kappa shape index (κ2) is 35.1. The Morgan fingerprint density at radius 3 is 0.681 bits per heavy atom. The van der Waals surface area contributed by atoms with E-state index in [9.17, 15) is 0 Å². The van der Waals surface area contributed by atoms with Crippen LogP contribution in [-0.2, 0) is 0 Å². The van der Waals surface area contributed by atoms with Crippen molar-refractivity contribution >= 4 is 130 Å². The topological polar surface area (TPSA) is 169 Å². The lowest BCUT2D eigenvalue weighted by atomic mass is 10.0. The van der Waals surface area contributed by atoms with Crippen molar-refractivity contribution in [1.82, 2.24) is 73.5 Å². The third kappa shape index (κ3) is 15.0. The molecule has 0 atom stereocenters. The molecule has 28 rings (SSSR count). The third-order valence-electron chi connectivity index (χ3n) is 26.7. The first-order valence-corrected chi connectivity index (χ1v) is 47.0. The van der Waals surface area contributed by atoms with Gasteiger partial charge in [0.1, 0.15) is 17.1 Å². The van der Waals surface area contributed by atoms with Crippen LogP contribution >= 0.6 is 0 Å². The Kier molecular flexibility index (Phi) is 20.5. The standard InChI is InChI=1S/C44H27N5.C42H27N5.C40H25N5/c1-4-16-32-28(11-1)14-9-20-35(32)42-46-43(36-21-10-15-29-12-2-5-17-33(29)36)48-44(47-42)38-25-24-31(27-45-38)49-39-22-8-7-19-37(39)41-34-18-6-3-13-30(34)23-26-40(41)49;1-3-11-28(12-4-1)29-19-21-32(22-20-29)41-44-40(31-14-5-2-6-15-31)45-42(46-41)36-25-24-33(27-43-36)47-37-18-10-9-17-35(37)39-34-16-8-7-13-30(34)23-26-38(39)47;1-2-13-28(14-3-1)38-42-39(32-19-10-15-26-11-4-6-16-30(26)32)44-40(43-38)34-23-22-29(25-41-34)45-35-20-9-8-18-33(35)37-31-17-7-5-12-27(31)21-24-36(37)45/h1-27H;1-27H;1-25H. The molecule has 28 aromatic rings. The molecule has 0 amide bonds. The molecule has 0 fully saturated rings. The number of hydrogen-bond acceptors (Lipinski definition) is 12. The summed E-state index contributed by atoms with van der Waals surface area (Å²) in [6, 6.07) is 159. The zero-order valence-electron chi connectivity index (χ0n) is 75.8. The minimum atomic E-state index is 0.528. The fourth-order valence-corrected chi connectivity index (χ4v) is 20.1. The molecule has 15 nitrogen and oxygen atoms in total. The van der Waals surface area contributed by atoms with Gasteiger partial charge in [-0.25, -0.2) is 44.9 Å². The maximum Gasteiger partial charge on any atom is 0.182 e. The normalized spacial score (nSPS) is 11.5. The van der Waals surface area contributed by atoms with Crippen LogP contribution in [-0.4, -0.2) is 73.5 Å². The van der Waals surface area contributed by atoms with Crippen LogP contribution in [0.4, 0.5) is 0 Å². The summed E-state index contributed by atoms with van der Waals surface area (Å²) >= 11 is 0. The number of aromatic nitrogens is 15. The molecule has 0 aliphatic rings. The Morgan fingerprint density at radius 2 is 0.362 bits per heavy atom. The number of nitrogens with zero attached hydrogens (tertiary/aromatic N) is 15. The average molecular weight is 1800 g/mol. The highest BCUT2D eigenvalue weighted by Gasteiger charge is 2.25. The summed E-state index contributed by atoms with van der Waals surface area (Å²) in [6.07, 6.45) is 5.76. The minimum Gasteiger partial charge on any atom is -0.308 e. The number of hydrogen-bond donors (Lipinski definition) is 0. The van der Waals surface area contributed by atoms with Gasteiger partial charge in [0, 0.05) is 65.7 Å². The zero-order valence-corrected chi connectivity index (χ0v) is 75.8. The van der Waals surface area contributed by atoms with Crippen LogP contribution in [0, 0.1) is 0 Å². The van der Waals surface area contributed by atoms with Crippen molar-refractivity contribution in [2.45, 2.75) is 0 Å². The largest absolute Gasteiger partial charge is 0.308 e. The van der Waals surface area contributed by atoms with Crippen LogP contribution in [0.5, 0.6) is 0 Å². The summed E-state index contributed by atoms with van der Waals surface area (Å²) in [5.74, 6) is 5.27. The number of rotatable bonds is 13. The summed E-state index contributed by atoms with van der Waals surface area (Å²) in [6.45, 7) is 0. The van der Waals surface area contributed by atoms with E-state index in [4.69, 9.17) is 59.8 Å². The molecule has 0 unspecified atom stereocenters. The maximum atomic E-state index is 5.10. The molecule has 0 aliphatic carbocycles. The molecule has 0 aliphatic heterocycles. The van der Waals surface area contributed by atoms with Crippen molar-refractivity contribution in [1.29, 1.82) is 0 Å². The molecular formula is C126H79N15. The van der Waals surface area contributed by atoms with Crippen molar-refractivity contribution < 1.29 is 0 Å². The molecule has 19 aromatic carbocycles. The van der Waals surface area contributed by atoms with Crippen LogP contribution < -0.4 is 0 Å². The zero-order chi connectivity index (χ0) is 93.2. The fourth-order valence-electron chi connectivity index (χ4n) is 20.1. The number of pyridine rings is 3. The maximum absolute atomic E-state index is 5.10. The predicted molar refractivity (Wildman–Crippen MR) is 575 cm³/mol. The van der Waals surface area contributed by atoms with Gasteiger partial charge in [-0.2, -0.15) is 0 Å². The Hall–Kier alpha value is -19.4. The highest BCUT2D eigenvalue weighted by Crippen LogP contribution is 2.44. The molecule has 0 spiro atoms. The van der Waals surface area contributed by atoms with E-state index in [0.29, 0.717) is 69.5 Å². The Balaban J connectivity index is 0.000000109. The summed E-state index contributed by atoms with van der Waals surface area (Å²) < 4.78 is 6.87. The van der Waals surface area contributed by atoms with Gasteiger partial charge in [-0.1, -0.05) is 388 Å². The fraction of sp³-hybridized carbons (Fsp3) is 0. The summed E-state index contributed by atoms with van der Waals surface area (Å²) in [5.41, 5.74) is 19.8. The van der Waals surface area contributed by atoms with E-state index in [1.165, 1.54) is 70.2 Å². The van der Waals surface area contributed by atoms with Crippen LogP contribution in [0.3, 0.4) is 0 Å². The molecule has 9 aromatic heterocycles. The van der Waals surface area contributed by atoms with E-state index in [1.54, 1.807) is 0 Å². The van der Waals surface area contributed by atoms with E-state index >= 15 is 0 Å². The highest BCUT2D eigenvalue weighted by atomic mass is 15.1. The first-order chi connectivity index (χ1) is 69.9. The smallest absolute Gasteiger partial charge is 0.182 e. The van der Waals surface area contributed by atoms with Crippen LogP contribution in [0.15, 0.2) is 480 Å². The SMILES string of the molecule is c1ccc(-c2ccc(-c3nc(-c4ccccc4)nc(-c4ccc(-n5c6ccccc6c6c7ccccc7ccc65)cn4)n3)cc2)cc1.c1ccc(-c2nc(-c3ccc(-n4c5ccccc5c5c6ccccc6ccc54)cn3)nc(-c3cccc4ccccc34)n2)cc1.c1ccc2c(-c3nc(-c4ccc(-n5c6ccccc6c6c7ccccc7ccc65)cn4)nc(-c4cccc5ccccc45)n3)cccc2c1. The van der Waals surface area contributed by atoms with Gasteiger partial charge < -0.3 is 13.7 Å². The van der Waals surface area contributed by atoms with Crippen molar-refractivity contribution in [3.05, 3.63) is 480 Å². The predicted octanol–water partition coefficient (Wildman–Crippen LogP) is 30.7. The Labute approximate surface area is 808 Å². The minimum absolute atomic E-state index is 0.528. The van der Waals surface area contributed by atoms with E-state index in [0.717, 1.165) is 121 Å². The van der Waals surface area contributed by atoms with Crippen molar-refractivity contribution in [3.8, 4) is 131 Å². The van der Waals surface area contributed by atoms with Crippen LogP contribution in [0.2, 0.25) is 0 Å². The third-order valence-corrected chi connectivity index (χ3v) is 26.7. The molecule has 15 heteroatoms. The molecule has 0 bridgehead atoms. The second-order valence-electron chi connectivity index (χ2n) is 35.0. The highest BCUT2D eigenvalue weighted by molar-refractivity contribution is 6.24. The first-order valence-electron chi connectivity index (χ1n) is 47.0. The monoisotopic (exact) mass is 1800 g/mol. The van der Waals surface area contributed by atoms with Crippen molar-refractivity contribution in [3.63, 3.8) is 0 Å². The molecule has 0 radical (unpaired) electrons. The lowest BCUT2D eigenvalue weighted by molar-refractivity contribution is 1.05. The molecule has 0 saturated carbocycles. The van der Waals surface area contributed by atoms with Gasteiger partial charge in [0.05, 0.1) is 68.8 Å². The van der Waals surface area contributed by atoms with Crippen LogP contribution in [0.1, 0.15) is 0 Å². The van der Waals surface area contributed by atoms with Gasteiger partial charge in [0.25, 0.3) is 0 Å². The summed E-state index contributed by atoms with van der Waals surface area (Å²) in [7, 11) is 0. The van der Waals surface area contributed by atoms with Gasteiger partial charge in [0.2, 0.25) is 0 Å². The summed E-state index contributed by atoms with van der Waals surface area (Å²) in [5, 5.41) is 21.5. The number of fused-ring (bicyclic) bond motifs is 18. The molecule has 658 valence electrons. The quantitative estimate of drug-likeness (QED) is 0.107. The molecule has 0 N–H and O–H groups in total. The second-order valence-corrected chi connectivity index (χ2v) is 35.0. The van der Waals surface area contributed by atoms with E-state index in [2.05, 4.69) is 372 Å². The van der Waals surface area contributed by atoms with Gasteiger partial charge in [-0.05, 0) is 149 Å². The molecule has 141 heavy (non-hydrogen) atoms.